The van der Waals surface area contributed by atoms with Crippen molar-refractivity contribution in [3.63, 3.8) is 0 Å². The fourth-order valence-corrected chi connectivity index (χ4v) is 4.40. The predicted molar refractivity (Wildman–Crippen MR) is 119 cm³/mol. The molecule has 6 nitrogen and oxygen atoms in total. The van der Waals surface area contributed by atoms with E-state index < -0.39 is 0 Å². The van der Waals surface area contributed by atoms with Gasteiger partial charge in [-0.05, 0) is 49.1 Å². The molecule has 1 unspecified atom stereocenters. The van der Waals surface area contributed by atoms with Crippen molar-refractivity contribution in [2.24, 2.45) is 0 Å². The van der Waals surface area contributed by atoms with Gasteiger partial charge in [0, 0.05) is 36.1 Å². The number of nitrogens with one attached hydrogen (secondary N) is 1. The standard InChI is InChI=1S/C23H24BrN5O/c24-18-8-10-20(11-9-18)29-22(17-6-7-17)21(26-27-29)23(30)25-19-12-13-28(15-19)14-16-4-2-1-3-5-16/h1-5,8-11,17,19H,6-7,12-15H2,(H,25,30). The Labute approximate surface area is 184 Å². The number of rotatable bonds is 6. The van der Waals surface area contributed by atoms with E-state index in [0.717, 1.165) is 54.8 Å². The molecule has 154 valence electrons. The predicted octanol–water partition coefficient (Wildman–Crippen LogP) is 3.91. The molecule has 2 fully saturated rings. The molecule has 1 aliphatic heterocycles. The second kappa shape index (κ2) is 8.32. The minimum Gasteiger partial charge on any atom is -0.347 e. The molecule has 1 aromatic heterocycles. The van der Waals surface area contributed by atoms with Crippen LogP contribution in [0.25, 0.3) is 5.69 Å². The van der Waals surface area contributed by atoms with Gasteiger partial charge in [0.25, 0.3) is 5.91 Å². The highest BCUT2D eigenvalue weighted by atomic mass is 79.9. The molecule has 2 heterocycles. The van der Waals surface area contributed by atoms with Crippen molar-refractivity contribution >= 4 is 21.8 Å². The highest BCUT2D eigenvalue weighted by molar-refractivity contribution is 9.10. The smallest absolute Gasteiger partial charge is 0.274 e. The van der Waals surface area contributed by atoms with Crippen molar-refractivity contribution in [2.45, 2.75) is 37.8 Å². The molecule has 3 aromatic rings. The van der Waals surface area contributed by atoms with Gasteiger partial charge in [-0.3, -0.25) is 9.69 Å². The van der Waals surface area contributed by atoms with Crippen LogP contribution in [0, 0.1) is 0 Å². The summed E-state index contributed by atoms with van der Waals surface area (Å²) in [4.78, 5) is 15.5. The van der Waals surface area contributed by atoms with Crippen molar-refractivity contribution in [3.8, 4) is 5.69 Å². The van der Waals surface area contributed by atoms with Crippen LogP contribution in [0.4, 0.5) is 0 Å². The molecule has 2 aliphatic rings. The molecule has 1 aliphatic carbocycles. The van der Waals surface area contributed by atoms with Crippen LogP contribution in [0.2, 0.25) is 0 Å². The fourth-order valence-electron chi connectivity index (χ4n) is 4.14. The van der Waals surface area contributed by atoms with Crippen molar-refractivity contribution in [1.82, 2.24) is 25.2 Å². The van der Waals surface area contributed by atoms with E-state index >= 15 is 0 Å². The van der Waals surface area contributed by atoms with Gasteiger partial charge in [-0.2, -0.15) is 0 Å². The molecule has 2 aromatic carbocycles. The first-order chi connectivity index (χ1) is 14.7. The highest BCUT2D eigenvalue weighted by Crippen LogP contribution is 2.42. The van der Waals surface area contributed by atoms with Crippen molar-refractivity contribution < 1.29 is 4.79 Å². The van der Waals surface area contributed by atoms with E-state index in [4.69, 9.17) is 0 Å². The number of hydrogen-bond acceptors (Lipinski definition) is 4. The molecule has 1 saturated carbocycles. The molecule has 0 radical (unpaired) electrons. The van der Waals surface area contributed by atoms with E-state index in [2.05, 4.69) is 60.7 Å². The lowest BCUT2D eigenvalue weighted by Gasteiger charge is -2.16. The summed E-state index contributed by atoms with van der Waals surface area (Å²) in [5, 5.41) is 11.8. The van der Waals surface area contributed by atoms with Crippen molar-refractivity contribution in [2.75, 3.05) is 13.1 Å². The van der Waals surface area contributed by atoms with Gasteiger partial charge in [-0.25, -0.2) is 4.68 Å². The Bertz CT molecular complexity index is 1030. The third-order valence-electron chi connectivity index (χ3n) is 5.81. The fraction of sp³-hybridized carbons (Fsp3) is 0.348. The molecule has 5 rings (SSSR count). The first kappa shape index (κ1) is 19.5. The van der Waals surface area contributed by atoms with Crippen LogP contribution in [0.5, 0.6) is 0 Å². The van der Waals surface area contributed by atoms with E-state index in [-0.39, 0.29) is 11.9 Å². The second-order valence-corrected chi connectivity index (χ2v) is 9.08. The number of carbonyl (C=O) groups excluding carboxylic acids is 1. The maximum Gasteiger partial charge on any atom is 0.274 e. The first-order valence-electron chi connectivity index (χ1n) is 10.5. The van der Waals surface area contributed by atoms with E-state index in [9.17, 15) is 4.79 Å². The van der Waals surface area contributed by atoms with Crippen LogP contribution < -0.4 is 5.32 Å². The monoisotopic (exact) mass is 465 g/mol. The van der Waals surface area contributed by atoms with Gasteiger partial charge in [0.1, 0.15) is 0 Å². The van der Waals surface area contributed by atoms with Crippen LogP contribution >= 0.6 is 15.9 Å². The zero-order valence-electron chi connectivity index (χ0n) is 16.7. The third-order valence-corrected chi connectivity index (χ3v) is 6.34. The Morgan fingerprint density at radius 1 is 1.07 bits per heavy atom. The molecule has 1 amide bonds. The van der Waals surface area contributed by atoms with Crippen LogP contribution in [0.1, 0.15) is 46.9 Å². The molecule has 1 atom stereocenters. The zero-order chi connectivity index (χ0) is 20.5. The molecule has 0 bridgehead atoms. The van der Waals surface area contributed by atoms with Crippen molar-refractivity contribution in [1.29, 1.82) is 0 Å². The van der Waals surface area contributed by atoms with Crippen LogP contribution in [0.15, 0.2) is 59.1 Å². The number of benzene rings is 2. The summed E-state index contributed by atoms with van der Waals surface area (Å²) in [7, 11) is 0. The normalized spacial score (nSPS) is 19.2. The lowest BCUT2D eigenvalue weighted by molar-refractivity contribution is 0.0931. The SMILES string of the molecule is O=C(NC1CCN(Cc2ccccc2)C1)c1nnn(-c2ccc(Br)cc2)c1C1CC1. The number of amides is 1. The molecule has 1 N–H and O–H groups in total. The van der Waals surface area contributed by atoms with E-state index in [1.54, 1.807) is 0 Å². The van der Waals surface area contributed by atoms with Gasteiger partial charge in [0.05, 0.1) is 11.4 Å². The third kappa shape index (κ3) is 4.18. The Balaban J connectivity index is 1.28. The Hall–Kier alpha value is -2.51. The second-order valence-electron chi connectivity index (χ2n) is 8.17. The van der Waals surface area contributed by atoms with Crippen LogP contribution in [-0.2, 0) is 6.54 Å². The molecule has 1 saturated heterocycles. The molecule has 30 heavy (non-hydrogen) atoms. The van der Waals surface area contributed by atoms with E-state index in [1.165, 1.54) is 5.56 Å². The Morgan fingerprint density at radius 3 is 2.57 bits per heavy atom. The lowest BCUT2D eigenvalue weighted by Crippen LogP contribution is -2.37. The largest absolute Gasteiger partial charge is 0.347 e. The number of likely N-dealkylation sites (tertiary alicyclic amines) is 1. The van der Waals surface area contributed by atoms with Crippen LogP contribution in [-0.4, -0.2) is 44.9 Å². The molecular weight excluding hydrogens is 442 g/mol. The topological polar surface area (TPSA) is 63.1 Å². The quantitative estimate of drug-likeness (QED) is 0.599. The van der Waals surface area contributed by atoms with Crippen molar-refractivity contribution in [3.05, 3.63) is 76.0 Å². The number of hydrogen-bond donors (Lipinski definition) is 1. The zero-order valence-corrected chi connectivity index (χ0v) is 18.3. The van der Waals surface area contributed by atoms with Gasteiger partial charge in [0.2, 0.25) is 0 Å². The number of nitrogens with zero attached hydrogens (tertiary/aromatic N) is 4. The Morgan fingerprint density at radius 2 is 1.83 bits per heavy atom. The highest BCUT2D eigenvalue weighted by Gasteiger charge is 2.35. The summed E-state index contributed by atoms with van der Waals surface area (Å²) in [6.45, 7) is 2.77. The van der Waals surface area contributed by atoms with Gasteiger partial charge >= 0.3 is 0 Å². The average Bonchev–Trinajstić information content (AvgIpc) is 3.35. The molecule has 7 heteroatoms. The summed E-state index contributed by atoms with van der Waals surface area (Å²) in [6, 6.07) is 18.6. The maximum absolute atomic E-state index is 13.1. The van der Waals surface area contributed by atoms with Crippen LogP contribution in [0.3, 0.4) is 0 Å². The first-order valence-corrected chi connectivity index (χ1v) is 11.3. The summed E-state index contributed by atoms with van der Waals surface area (Å²) in [6.07, 6.45) is 3.12. The van der Waals surface area contributed by atoms with E-state index in [1.807, 2.05) is 35.0 Å². The van der Waals surface area contributed by atoms with Gasteiger partial charge in [-0.1, -0.05) is 51.5 Å². The summed E-state index contributed by atoms with van der Waals surface area (Å²) in [5.41, 5.74) is 3.65. The summed E-state index contributed by atoms with van der Waals surface area (Å²) < 4.78 is 2.84. The number of carbonyl (C=O) groups is 1. The number of aromatic nitrogens is 3. The lowest BCUT2D eigenvalue weighted by atomic mass is 10.2. The molecular formula is C23H24BrN5O. The average molecular weight is 466 g/mol. The maximum atomic E-state index is 13.1. The molecule has 0 spiro atoms. The minimum absolute atomic E-state index is 0.105. The minimum atomic E-state index is -0.105. The van der Waals surface area contributed by atoms with Gasteiger partial charge in [0.15, 0.2) is 5.69 Å². The summed E-state index contributed by atoms with van der Waals surface area (Å²) >= 11 is 3.47. The van der Waals surface area contributed by atoms with Gasteiger partial charge in [-0.15, -0.1) is 5.10 Å². The Kier molecular flexibility index (Phi) is 5.39. The van der Waals surface area contributed by atoms with E-state index in [0.29, 0.717) is 11.6 Å². The van der Waals surface area contributed by atoms with Gasteiger partial charge < -0.3 is 5.32 Å². The summed E-state index contributed by atoms with van der Waals surface area (Å²) in [5.74, 6) is 0.259. The number of halogens is 1.